The Morgan fingerprint density at radius 3 is 2.81 bits per heavy atom. The van der Waals surface area contributed by atoms with Crippen LogP contribution in [-0.2, 0) is 4.79 Å². The van der Waals surface area contributed by atoms with Gasteiger partial charge in [0, 0.05) is 5.70 Å². The topological polar surface area (TPSA) is 134 Å². The number of aromatic nitrogens is 3. The number of allylic oxidation sites excluding steroid dienone is 2. The molecule has 0 unspecified atom stereocenters. The van der Waals surface area contributed by atoms with Crippen LogP contribution in [0.1, 0.15) is 6.92 Å². The van der Waals surface area contributed by atoms with Gasteiger partial charge in [-0.05, 0) is 6.92 Å². The second-order valence-corrected chi connectivity index (χ2v) is 3.83. The number of nitrogens with two attached hydrogens (primary N) is 2. The molecule has 0 saturated carbocycles. The molecule has 0 aliphatic rings. The van der Waals surface area contributed by atoms with E-state index in [0.29, 0.717) is 5.16 Å². The Bertz CT molecular complexity index is 467. The number of thioether (sulfide) groups is 1. The molecule has 7 nitrogen and oxygen atoms in total. The highest BCUT2D eigenvalue weighted by Crippen LogP contribution is 2.14. The molecule has 1 rings (SSSR count). The summed E-state index contributed by atoms with van der Waals surface area (Å²) in [5.74, 6) is -0.119. The van der Waals surface area contributed by atoms with Crippen molar-refractivity contribution in [3.63, 3.8) is 0 Å². The van der Waals surface area contributed by atoms with Gasteiger partial charge >= 0.3 is 0 Å². The number of nitrogens with zero attached hydrogens (tertiary/aromatic N) is 3. The molecule has 0 fully saturated rings. The summed E-state index contributed by atoms with van der Waals surface area (Å²) in [4.78, 5) is 15.3. The zero-order valence-electron chi connectivity index (χ0n) is 8.52. The normalized spacial score (nSPS) is 11.8. The summed E-state index contributed by atoms with van der Waals surface area (Å²) in [6.45, 7) is 1.51. The van der Waals surface area contributed by atoms with Gasteiger partial charge < -0.3 is 11.5 Å². The molecule has 0 spiro atoms. The third kappa shape index (κ3) is 2.99. The average molecular weight is 238 g/mol. The minimum absolute atomic E-state index is 0.0315. The summed E-state index contributed by atoms with van der Waals surface area (Å²) in [7, 11) is 0. The van der Waals surface area contributed by atoms with Crippen molar-refractivity contribution >= 4 is 23.5 Å². The third-order valence-electron chi connectivity index (χ3n) is 1.60. The van der Waals surface area contributed by atoms with Crippen molar-refractivity contribution in [1.82, 2.24) is 15.2 Å². The number of carbonyl (C=O) groups is 1. The molecule has 0 aromatic carbocycles. The first kappa shape index (κ1) is 12.1. The van der Waals surface area contributed by atoms with Gasteiger partial charge in [0.1, 0.15) is 11.6 Å². The van der Waals surface area contributed by atoms with Gasteiger partial charge in [-0.3, -0.25) is 4.79 Å². The van der Waals surface area contributed by atoms with E-state index in [4.69, 9.17) is 16.7 Å². The lowest BCUT2D eigenvalue weighted by molar-refractivity contribution is -0.112. The fourth-order valence-electron chi connectivity index (χ4n) is 0.895. The van der Waals surface area contributed by atoms with Gasteiger partial charge in [-0.1, -0.05) is 11.8 Å². The Kier molecular flexibility index (Phi) is 3.90. The standard InChI is InChI=1S/C8H10N6OS/c1-4(10)5(2-9)6(15)3-16-8-12-7(11)13-14-8/h3,10H2,1H3,(H3,11,12,13,14). The largest absolute Gasteiger partial charge is 0.401 e. The minimum Gasteiger partial charge on any atom is -0.401 e. The Labute approximate surface area is 95.9 Å². The van der Waals surface area contributed by atoms with E-state index in [2.05, 4.69) is 15.2 Å². The number of rotatable bonds is 4. The molecule has 16 heavy (non-hydrogen) atoms. The number of hydrogen-bond acceptors (Lipinski definition) is 7. The number of nitrogen functional groups attached to an aromatic ring is 1. The van der Waals surface area contributed by atoms with Gasteiger partial charge in [0.05, 0.1) is 5.75 Å². The molecular weight excluding hydrogens is 228 g/mol. The molecule has 84 valence electrons. The third-order valence-corrected chi connectivity index (χ3v) is 2.45. The molecule has 0 aliphatic carbocycles. The van der Waals surface area contributed by atoms with E-state index in [-0.39, 0.29) is 28.8 Å². The summed E-state index contributed by atoms with van der Waals surface area (Å²) >= 11 is 1.09. The number of H-pyrrole nitrogens is 1. The maximum atomic E-state index is 11.5. The predicted octanol–water partition coefficient (Wildman–Crippen LogP) is -0.196. The summed E-state index contributed by atoms with van der Waals surface area (Å²) in [6.07, 6.45) is 0. The van der Waals surface area contributed by atoms with E-state index in [1.807, 2.05) is 0 Å². The molecule has 1 aromatic heterocycles. The van der Waals surface area contributed by atoms with E-state index < -0.39 is 0 Å². The molecule has 0 bridgehead atoms. The van der Waals surface area contributed by atoms with Crippen LogP contribution in [0.3, 0.4) is 0 Å². The molecule has 0 amide bonds. The first-order valence-electron chi connectivity index (χ1n) is 4.25. The van der Waals surface area contributed by atoms with Gasteiger partial charge in [-0.15, -0.1) is 5.10 Å². The molecule has 0 radical (unpaired) electrons. The van der Waals surface area contributed by atoms with Crippen LogP contribution in [0.5, 0.6) is 0 Å². The lowest BCUT2D eigenvalue weighted by Crippen LogP contribution is -2.10. The van der Waals surface area contributed by atoms with Gasteiger partial charge in [-0.25, -0.2) is 5.10 Å². The quantitative estimate of drug-likeness (QED) is 0.375. The smallest absolute Gasteiger partial charge is 0.216 e. The number of ketones is 1. The Morgan fingerprint density at radius 2 is 2.38 bits per heavy atom. The first-order chi connectivity index (χ1) is 7.54. The Balaban J connectivity index is 2.61. The zero-order valence-corrected chi connectivity index (χ0v) is 9.34. The Hall–Kier alpha value is -2.01. The summed E-state index contributed by atoms with van der Waals surface area (Å²) in [5, 5.41) is 15.2. The summed E-state index contributed by atoms with van der Waals surface area (Å²) in [6, 6.07) is 1.76. The molecule has 1 aromatic rings. The van der Waals surface area contributed by atoms with Crippen LogP contribution in [0.25, 0.3) is 0 Å². The average Bonchev–Trinajstić information content (AvgIpc) is 2.62. The fourth-order valence-corrected chi connectivity index (χ4v) is 1.57. The minimum atomic E-state index is -0.351. The second-order valence-electron chi connectivity index (χ2n) is 2.88. The number of aromatic amines is 1. The molecular formula is C8H10N6OS. The van der Waals surface area contributed by atoms with E-state index >= 15 is 0 Å². The Morgan fingerprint density at radius 1 is 1.69 bits per heavy atom. The predicted molar refractivity (Wildman–Crippen MR) is 59.0 cm³/mol. The van der Waals surface area contributed by atoms with Crippen LogP contribution < -0.4 is 11.5 Å². The van der Waals surface area contributed by atoms with Crippen molar-refractivity contribution in [2.75, 3.05) is 11.5 Å². The van der Waals surface area contributed by atoms with Gasteiger partial charge in [0.2, 0.25) is 11.1 Å². The monoisotopic (exact) mass is 238 g/mol. The van der Waals surface area contributed by atoms with Crippen molar-refractivity contribution in [2.45, 2.75) is 12.1 Å². The van der Waals surface area contributed by atoms with Crippen LogP contribution in [0.4, 0.5) is 5.95 Å². The van der Waals surface area contributed by atoms with E-state index in [1.165, 1.54) is 6.92 Å². The van der Waals surface area contributed by atoms with Crippen LogP contribution in [0.2, 0.25) is 0 Å². The highest BCUT2D eigenvalue weighted by Gasteiger charge is 2.13. The van der Waals surface area contributed by atoms with Crippen molar-refractivity contribution in [2.24, 2.45) is 5.73 Å². The first-order valence-corrected chi connectivity index (χ1v) is 5.23. The van der Waals surface area contributed by atoms with Crippen molar-refractivity contribution in [3.8, 4) is 6.07 Å². The van der Waals surface area contributed by atoms with E-state index in [9.17, 15) is 4.79 Å². The highest BCUT2D eigenvalue weighted by molar-refractivity contribution is 7.99. The molecule has 0 aliphatic heterocycles. The molecule has 0 atom stereocenters. The lowest BCUT2D eigenvalue weighted by Gasteiger charge is -1.98. The van der Waals surface area contributed by atoms with E-state index in [0.717, 1.165) is 11.8 Å². The number of carbonyl (C=O) groups excluding carboxylic acids is 1. The highest BCUT2D eigenvalue weighted by atomic mass is 32.2. The van der Waals surface area contributed by atoms with Crippen LogP contribution in [0, 0.1) is 11.3 Å². The SMILES string of the molecule is CC(N)=C(C#N)C(=O)CSc1n[nH]c(N)n1. The van der Waals surface area contributed by atoms with Crippen LogP contribution in [-0.4, -0.2) is 26.7 Å². The number of nitriles is 1. The maximum absolute atomic E-state index is 11.5. The zero-order chi connectivity index (χ0) is 12.1. The molecule has 0 saturated heterocycles. The lowest BCUT2D eigenvalue weighted by atomic mass is 10.2. The van der Waals surface area contributed by atoms with Gasteiger partial charge in [0.15, 0.2) is 5.78 Å². The molecule has 5 N–H and O–H groups in total. The number of hydrogen-bond donors (Lipinski definition) is 3. The van der Waals surface area contributed by atoms with Gasteiger partial charge in [-0.2, -0.15) is 10.2 Å². The molecule has 8 heteroatoms. The van der Waals surface area contributed by atoms with Crippen molar-refractivity contribution in [3.05, 3.63) is 11.3 Å². The fraction of sp³-hybridized carbons (Fsp3) is 0.250. The molecule has 1 heterocycles. The van der Waals surface area contributed by atoms with Crippen molar-refractivity contribution < 1.29 is 4.79 Å². The number of anilines is 1. The van der Waals surface area contributed by atoms with Gasteiger partial charge in [0.25, 0.3) is 0 Å². The second kappa shape index (κ2) is 5.18. The van der Waals surface area contributed by atoms with Crippen LogP contribution in [0.15, 0.2) is 16.4 Å². The summed E-state index contributed by atoms with van der Waals surface area (Å²) < 4.78 is 0. The number of Topliss-reactive ketones (excluding diaryl/α,β-unsaturated/α-hetero) is 1. The maximum Gasteiger partial charge on any atom is 0.216 e. The van der Waals surface area contributed by atoms with Crippen LogP contribution >= 0.6 is 11.8 Å². The summed E-state index contributed by atoms with van der Waals surface area (Å²) in [5.41, 5.74) is 10.9. The van der Waals surface area contributed by atoms with E-state index in [1.54, 1.807) is 6.07 Å². The number of nitrogens with one attached hydrogen (secondary N) is 1. The van der Waals surface area contributed by atoms with Crippen molar-refractivity contribution in [1.29, 1.82) is 5.26 Å².